The van der Waals surface area contributed by atoms with Gasteiger partial charge in [0.05, 0.1) is 18.8 Å². The smallest absolute Gasteiger partial charge is 0.254 e. The number of anilines is 1. The summed E-state index contributed by atoms with van der Waals surface area (Å²) in [6.45, 7) is 3.15. The van der Waals surface area contributed by atoms with E-state index in [9.17, 15) is 4.79 Å². The van der Waals surface area contributed by atoms with Crippen molar-refractivity contribution in [3.05, 3.63) is 23.4 Å². The quantitative estimate of drug-likeness (QED) is 0.829. The van der Waals surface area contributed by atoms with Crippen molar-refractivity contribution in [2.75, 3.05) is 18.9 Å². The number of nitrogens with two attached hydrogens (primary N) is 1. The summed E-state index contributed by atoms with van der Waals surface area (Å²) in [5, 5.41) is 0. The monoisotopic (exact) mass is 261 g/mol. The number of pyridine rings is 1. The second-order valence-corrected chi connectivity index (χ2v) is 5.33. The Morgan fingerprint density at radius 1 is 1.47 bits per heavy atom. The highest BCUT2D eigenvalue weighted by atomic mass is 16.5. The van der Waals surface area contributed by atoms with E-state index >= 15 is 0 Å². The maximum Gasteiger partial charge on any atom is 0.254 e. The molecule has 2 aliphatic rings. The van der Waals surface area contributed by atoms with Crippen LogP contribution in [0.2, 0.25) is 0 Å². The van der Waals surface area contributed by atoms with Gasteiger partial charge < -0.3 is 15.4 Å². The van der Waals surface area contributed by atoms with Crippen LogP contribution in [0.1, 0.15) is 35.3 Å². The molecule has 2 N–H and O–H groups in total. The number of ether oxygens (including phenoxy) is 1. The van der Waals surface area contributed by atoms with Crippen molar-refractivity contribution < 1.29 is 9.53 Å². The van der Waals surface area contributed by atoms with Crippen LogP contribution >= 0.6 is 0 Å². The summed E-state index contributed by atoms with van der Waals surface area (Å²) in [7, 11) is 0. The Labute approximate surface area is 112 Å². The molecule has 1 aliphatic heterocycles. The molecule has 2 heterocycles. The first-order valence-corrected chi connectivity index (χ1v) is 6.82. The van der Waals surface area contributed by atoms with E-state index < -0.39 is 0 Å². The SMILES string of the molecule is Cc1cc(C(=O)N2CCOC3CCCC32)cc(N)n1. The van der Waals surface area contributed by atoms with Crippen LogP contribution in [0.5, 0.6) is 0 Å². The Bertz CT molecular complexity index is 483. The number of nitrogens with zero attached hydrogens (tertiary/aromatic N) is 2. The summed E-state index contributed by atoms with van der Waals surface area (Å²) in [6.07, 6.45) is 3.46. The van der Waals surface area contributed by atoms with Crippen LogP contribution in [-0.4, -0.2) is 41.1 Å². The Balaban J connectivity index is 1.86. The van der Waals surface area contributed by atoms with Gasteiger partial charge in [0.15, 0.2) is 0 Å². The van der Waals surface area contributed by atoms with Gasteiger partial charge in [0.1, 0.15) is 5.82 Å². The van der Waals surface area contributed by atoms with Gasteiger partial charge in [-0.3, -0.25) is 4.79 Å². The lowest BCUT2D eigenvalue weighted by Crippen LogP contribution is -2.51. The largest absolute Gasteiger partial charge is 0.384 e. The van der Waals surface area contributed by atoms with Crippen LogP contribution < -0.4 is 5.73 Å². The molecule has 1 aliphatic carbocycles. The third-order valence-electron chi connectivity index (χ3n) is 3.96. The zero-order valence-electron chi connectivity index (χ0n) is 11.1. The summed E-state index contributed by atoms with van der Waals surface area (Å²) >= 11 is 0. The Morgan fingerprint density at radius 2 is 2.32 bits per heavy atom. The molecule has 3 rings (SSSR count). The van der Waals surface area contributed by atoms with E-state index in [1.54, 1.807) is 12.1 Å². The summed E-state index contributed by atoms with van der Waals surface area (Å²) in [4.78, 5) is 18.7. The number of fused-ring (bicyclic) bond motifs is 1. The highest BCUT2D eigenvalue weighted by Gasteiger charge is 2.38. The molecule has 0 spiro atoms. The molecule has 5 nitrogen and oxygen atoms in total. The highest BCUT2D eigenvalue weighted by molar-refractivity contribution is 5.95. The van der Waals surface area contributed by atoms with E-state index in [-0.39, 0.29) is 18.1 Å². The third-order valence-corrected chi connectivity index (χ3v) is 3.96. The van der Waals surface area contributed by atoms with Crippen LogP contribution in [0.3, 0.4) is 0 Å². The number of aryl methyl sites for hydroxylation is 1. The molecule has 1 saturated heterocycles. The minimum atomic E-state index is 0.0531. The van der Waals surface area contributed by atoms with E-state index in [1.165, 1.54) is 0 Å². The van der Waals surface area contributed by atoms with Gasteiger partial charge in [-0.25, -0.2) is 4.98 Å². The first kappa shape index (κ1) is 12.4. The normalized spacial score (nSPS) is 26.3. The van der Waals surface area contributed by atoms with E-state index in [0.29, 0.717) is 24.5 Å². The predicted octanol–water partition coefficient (Wildman–Crippen LogP) is 1.37. The van der Waals surface area contributed by atoms with Gasteiger partial charge in [-0.15, -0.1) is 0 Å². The Hall–Kier alpha value is -1.62. The molecule has 2 fully saturated rings. The molecule has 2 unspecified atom stereocenters. The first-order chi connectivity index (χ1) is 9.15. The standard InChI is InChI=1S/C14H19N3O2/c1-9-7-10(8-13(15)16-9)14(18)17-5-6-19-12-4-2-3-11(12)17/h7-8,11-12H,2-6H2,1H3,(H2,15,16). The fourth-order valence-corrected chi connectivity index (χ4v) is 3.16. The Kier molecular flexibility index (Phi) is 3.14. The van der Waals surface area contributed by atoms with Crippen molar-refractivity contribution in [1.29, 1.82) is 0 Å². The molecule has 0 radical (unpaired) electrons. The summed E-state index contributed by atoms with van der Waals surface area (Å²) in [5.74, 6) is 0.456. The molecule has 1 saturated carbocycles. The third kappa shape index (κ3) is 2.30. The highest BCUT2D eigenvalue weighted by Crippen LogP contribution is 2.30. The zero-order chi connectivity index (χ0) is 13.4. The van der Waals surface area contributed by atoms with Gasteiger partial charge in [0.25, 0.3) is 5.91 Å². The van der Waals surface area contributed by atoms with Crippen molar-refractivity contribution >= 4 is 11.7 Å². The number of amides is 1. The van der Waals surface area contributed by atoms with Crippen LogP contribution in [0.4, 0.5) is 5.82 Å². The maximum atomic E-state index is 12.6. The average Bonchev–Trinajstić information content (AvgIpc) is 2.84. The fraction of sp³-hybridized carbons (Fsp3) is 0.571. The summed E-state index contributed by atoms with van der Waals surface area (Å²) in [5.41, 5.74) is 7.14. The molecule has 2 atom stereocenters. The van der Waals surface area contributed by atoms with Gasteiger partial charge in [0.2, 0.25) is 0 Å². The number of aromatic nitrogens is 1. The van der Waals surface area contributed by atoms with Crippen LogP contribution in [0.15, 0.2) is 12.1 Å². The van der Waals surface area contributed by atoms with E-state index in [1.807, 2.05) is 11.8 Å². The number of carbonyl (C=O) groups excluding carboxylic acids is 1. The molecular formula is C14H19N3O2. The second kappa shape index (κ2) is 4.81. The molecule has 1 amide bonds. The van der Waals surface area contributed by atoms with Crippen LogP contribution in [0, 0.1) is 6.92 Å². The summed E-state index contributed by atoms with van der Waals surface area (Å²) < 4.78 is 5.73. The van der Waals surface area contributed by atoms with Crippen molar-refractivity contribution in [3.8, 4) is 0 Å². The van der Waals surface area contributed by atoms with Crippen LogP contribution in [-0.2, 0) is 4.74 Å². The number of hydrogen-bond donors (Lipinski definition) is 1. The lowest BCUT2D eigenvalue weighted by Gasteiger charge is -2.37. The number of carbonyl (C=O) groups is 1. The molecular weight excluding hydrogens is 242 g/mol. The minimum absolute atomic E-state index is 0.0531. The average molecular weight is 261 g/mol. The zero-order valence-corrected chi connectivity index (χ0v) is 11.1. The number of morpholine rings is 1. The van der Waals surface area contributed by atoms with E-state index in [2.05, 4.69) is 4.98 Å². The molecule has 0 aromatic carbocycles. The maximum absolute atomic E-state index is 12.6. The number of nitrogen functional groups attached to an aromatic ring is 1. The lowest BCUT2D eigenvalue weighted by molar-refractivity contribution is -0.0445. The predicted molar refractivity (Wildman–Crippen MR) is 71.8 cm³/mol. The molecule has 0 bridgehead atoms. The van der Waals surface area contributed by atoms with Crippen molar-refractivity contribution in [2.45, 2.75) is 38.3 Å². The molecule has 102 valence electrons. The minimum Gasteiger partial charge on any atom is -0.384 e. The van der Waals surface area contributed by atoms with Crippen molar-refractivity contribution in [2.24, 2.45) is 0 Å². The fourth-order valence-electron chi connectivity index (χ4n) is 3.16. The van der Waals surface area contributed by atoms with Gasteiger partial charge >= 0.3 is 0 Å². The van der Waals surface area contributed by atoms with Gasteiger partial charge in [0, 0.05) is 17.8 Å². The lowest BCUT2D eigenvalue weighted by atomic mass is 10.1. The van der Waals surface area contributed by atoms with E-state index in [0.717, 1.165) is 25.0 Å². The molecule has 19 heavy (non-hydrogen) atoms. The number of hydrogen-bond acceptors (Lipinski definition) is 4. The van der Waals surface area contributed by atoms with Gasteiger partial charge in [-0.05, 0) is 38.3 Å². The molecule has 5 heteroatoms. The Morgan fingerprint density at radius 3 is 3.11 bits per heavy atom. The van der Waals surface area contributed by atoms with Crippen molar-refractivity contribution in [3.63, 3.8) is 0 Å². The molecule has 1 aromatic heterocycles. The topological polar surface area (TPSA) is 68.5 Å². The van der Waals surface area contributed by atoms with Gasteiger partial charge in [-0.2, -0.15) is 0 Å². The van der Waals surface area contributed by atoms with E-state index in [4.69, 9.17) is 10.5 Å². The molecule has 1 aromatic rings. The summed E-state index contributed by atoms with van der Waals surface area (Å²) in [6, 6.07) is 3.70. The van der Waals surface area contributed by atoms with Crippen LogP contribution in [0.25, 0.3) is 0 Å². The van der Waals surface area contributed by atoms with Crippen molar-refractivity contribution in [1.82, 2.24) is 9.88 Å². The second-order valence-electron chi connectivity index (χ2n) is 5.33. The first-order valence-electron chi connectivity index (χ1n) is 6.82. The van der Waals surface area contributed by atoms with Gasteiger partial charge in [-0.1, -0.05) is 0 Å². The number of rotatable bonds is 1.